The van der Waals surface area contributed by atoms with Gasteiger partial charge < -0.3 is 4.90 Å². The fourth-order valence-corrected chi connectivity index (χ4v) is 5.79. The van der Waals surface area contributed by atoms with Gasteiger partial charge in [-0.2, -0.15) is 4.57 Å². The maximum absolute atomic E-state index is 2.41. The van der Waals surface area contributed by atoms with Crippen molar-refractivity contribution in [1.29, 1.82) is 0 Å². The van der Waals surface area contributed by atoms with Crippen LogP contribution in [-0.4, -0.2) is 0 Å². The van der Waals surface area contributed by atoms with Crippen LogP contribution in [0.4, 0.5) is 5.69 Å². The number of thioether (sulfide) groups is 1. The second kappa shape index (κ2) is 10.3. The maximum atomic E-state index is 2.41. The minimum absolute atomic E-state index is 0.859. The highest BCUT2D eigenvalue weighted by Crippen LogP contribution is 2.46. The van der Waals surface area contributed by atoms with Gasteiger partial charge in [-0.15, -0.1) is 0 Å². The molecule has 2 heterocycles. The minimum Gasteiger partial charge on any atom is -0.331 e. The van der Waals surface area contributed by atoms with Gasteiger partial charge in [0.2, 0.25) is 5.52 Å². The molecule has 0 atom stereocenters. The summed E-state index contributed by atoms with van der Waals surface area (Å²) in [5, 5.41) is 2.50. The monoisotopic (exact) mass is 483 g/mol. The molecule has 0 aliphatic carbocycles. The number of anilines is 1. The number of para-hydroxylation sites is 2. The molecule has 1 aliphatic rings. The normalized spacial score (nSPS) is 14.1. The predicted molar refractivity (Wildman–Crippen MR) is 152 cm³/mol. The number of aromatic nitrogens is 1. The highest BCUT2D eigenvalue weighted by Gasteiger charge is 2.24. The van der Waals surface area contributed by atoms with Crippen molar-refractivity contribution in [3.63, 3.8) is 0 Å². The van der Waals surface area contributed by atoms with Gasteiger partial charge in [0.05, 0.1) is 16.1 Å². The van der Waals surface area contributed by atoms with E-state index in [1.165, 1.54) is 43.2 Å². The van der Waals surface area contributed by atoms with Gasteiger partial charge in [0.1, 0.15) is 0 Å². The van der Waals surface area contributed by atoms with Crippen LogP contribution in [0.25, 0.3) is 17.0 Å². The van der Waals surface area contributed by atoms with E-state index in [0.29, 0.717) is 0 Å². The Balaban J connectivity index is 1.30. The minimum atomic E-state index is 0.859. The van der Waals surface area contributed by atoms with E-state index in [9.17, 15) is 0 Å². The third-order valence-electron chi connectivity index (χ3n) is 6.49. The molecule has 4 aromatic carbocycles. The lowest BCUT2D eigenvalue weighted by molar-refractivity contribution is -0.662. The van der Waals surface area contributed by atoms with Crippen LogP contribution in [0.3, 0.4) is 0 Å². The van der Waals surface area contributed by atoms with E-state index >= 15 is 0 Å². The summed E-state index contributed by atoms with van der Waals surface area (Å²) in [6, 6.07) is 40.9. The molecule has 36 heavy (non-hydrogen) atoms. The molecule has 0 radical (unpaired) electrons. The average Bonchev–Trinajstić information content (AvgIpc) is 3.28. The molecule has 174 valence electrons. The van der Waals surface area contributed by atoms with Crippen LogP contribution in [0, 0.1) is 0 Å². The number of fused-ring (bicyclic) bond motifs is 2. The summed E-state index contributed by atoms with van der Waals surface area (Å²) in [5.41, 5.74) is 6.35. The summed E-state index contributed by atoms with van der Waals surface area (Å²) < 4.78 is 2.32. The van der Waals surface area contributed by atoms with Crippen LogP contribution in [-0.2, 0) is 13.1 Å². The molecule has 5 aromatic rings. The van der Waals surface area contributed by atoms with Gasteiger partial charge in [0.15, 0.2) is 12.7 Å². The lowest BCUT2D eigenvalue weighted by Crippen LogP contribution is -2.34. The highest BCUT2D eigenvalue weighted by atomic mass is 32.2. The van der Waals surface area contributed by atoms with E-state index in [-0.39, 0.29) is 0 Å². The zero-order valence-electron chi connectivity index (χ0n) is 20.0. The Morgan fingerprint density at radius 2 is 1.39 bits per heavy atom. The molecule has 0 saturated carbocycles. The smallest absolute Gasteiger partial charge is 0.213 e. The first kappa shape index (κ1) is 22.4. The van der Waals surface area contributed by atoms with Crippen LogP contribution in [0.1, 0.15) is 16.7 Å². The molecular formula is C33H27N2S+. The van der Waals surface area contributed by atoms with Gasteiger partial charge in [-0.25, -0.2) is 0 Å². The number of hydrogen-bond acceptors (Lipinski definition) is 2. The summed E-state index contributed by atoms with van der Waals surface area (Å²) in [6.07, 6.45) is 8.86. The number of allylic oxidation sites excluding steroid dienone is 2. The zero-order valence-corrected chi connectivity index (χ0v) is 20.8. The molecular weight excluding hydrogens is 456 g/mol. The van der Waals surface area contributed by atoms with Crippen LogP contribution in [0.2, 0.25) is 0 Å². The van der Waals surface area contributed by atoms with Crippen molar-refractivity contribution in [3.05, 3.63) is 155 Å². The maximum Gasteiger partial charge on any atom is 0.213 e. The van der Waals surface area contributed by atoms with E-state index in [4.69, 9.17) is 0 Å². The second-order valence-corrected chi connectivity index (χ2v) is 9.97. The molecule has 0 amide bonds. The van der Waals surface area contributed by atoms with Crippen LogP contribution in [0.15, 0.2) is 144 Å². The summed E-state index contributed by atoms with van der Waals surface area (Å²) in [5.74, 6) is 0. The Bertz CT molecular complexity index is 1560. The molecule has 1 aliphatic heterocycles. The van der Waals surface area contributed by atoms with Gasteiger partial charge in [0, 0.05) is 29.1 Å². The number of nitrogens with zero attached hydrogens (tertiary/aromatic N) is 2. The summed E-state index contributed by atoms with van der Waals surface area (Å²) in [6.45, 7) is 1.72. The van der Waals surface area contributed by atoms with E-state index in [0.717, 1.165) is 13.1 Å². The summed E-state index contributed by atoms with van der Waals surface area (Å²) >= 11 is 1.84. The Morgan fingerprint density at radius 1 is 0.694 bits per heavy atom. The van der Waals surface area contributed by atoms with Crippen molar-refractivity contribution in [2.75, 3.05) is 4.90 Å². The van der Waals surface area contributed by atoms with Crippen LogP contribution in [0.5, 0.6) is 0 Å². The van der Waals surface area contributed by atoms with Crippen molar-refractivity contribution < 1.29 is 4.57 Å². The van der Waals surface area contributed by atoms with Crippen molar-refractivity contribution in [2.45, 2.75) is 18.0 Å². The number of benzene rings is 4. The fourth-order valence-electron chi connectivity index (χ4n) is 4.71. The molecule has 0 N–H and O–H groups in total. The molecule has 0 saturated heterocycles. The summed E-state index contributed by atoms with van der Waals surface area (Å²) in [7, 11) is 0. The Morgan fingerprint density at radius 3 is 2.22 bits per heavy atom. The Kier molecular flexibility index (Phi) is 6.39. The largest absolute Gasteiger partial charge is 0.331 e. The molecule has 2 nitrogen and oxygen atoms in total. The van der Waals surface area contributed by atoms with Gasteiger partial charge >= 0.3 is 0 Å². The lowest BCUT2D eigenvalue weighted by Gasteiger charge is -2.20. The lowest BCUT2D eigenvalue weighted by atomic mass is 10.1. The molecule has 0 unspecified atom stereocenters. The number of rotatable bonds is 6. The molecule has 3 heteroatoms. The average molecular weight is 484 g/mol. The third-order valence-corrected chi connectivity index (χ3v) is 7.62. The predicted octanol–water partition coefficient (Wildman–Crippen LogP) is 7.84. The quantitative estimate of drug-likeness (QED) is 0.227. The highest BCUT2D eigenvalue weighted by molar-refractivity contribution is 8.03. The SMILES string of the molecule is C(/C=C/c1cc[n+](Cc2ccccc2)c2ccccc12)=C1/Sc2ccccc2N1Cc1ccccc1. The van der Waals surface area contributed by atoms with Crippen LogP contribution < -0.4 is 9.47 Å². The molecule has 0 spiro atoms. The second-order valence-electron chi connectivity index (χ2n) is 8.91. The summed E-state index contributed by atoms with van der Waals surface area (Å²) in [4.78, 5) is 3.72. The van der Waals surface area contributed by atoms with Crippen molar-refractivity contribution in [1.82, 2.24) is 0 Å². The Labute approximate surface area is 216 Å². The third kappa shape index (κ3) is 4.71. The zero-order chi connectivity index (χ0) is 24.2. The molecule has 6 rings (SSSR count). The fraction of sp³-hybridized carbons (Fsp3) is 0.0606. The van der Waals surface area contributed by atoms with E-state index in [1.54, 1.807) is 0 Å². The molecule has 1 aromatic heterocycles. The van der Waals surface area contributed by atoms with Crippen molar-refractivity contribution in [3.8, 4) is 0 Å². The standard InChI is InChI=1S/C33H27N2S/c1-3-12-26(13-4-1)24-34-23-22-28(29-17-7-8-18-30(29)34)16-11-21-33-35(25-27-14-5-2-6-15-27)31-19-9-10-20-32(31)36-33/h1-23H,24-25H2/q+1. The number of pyridine rings is 1. The number of hydrogen-bond donors (Lipinski definition) is 0. The first-order valence-electron chi connectivity index (χ1n) is 12.3. The van der Waals surface area contributed by atoms with Crippen LogP contribution >= 0.6 is 11.8 Å². The van der Waals surface area contributed by atoms with E-state index in [1.807, 2.05) is 11.8 Å². The van der Waals surface area contributed by atoms with Gasteiger partial charge in [-0.05, 0) is 35.4 Å². The van der Waals surface area contributed by atoms with Crippen molar-refractivity contribution in [2.24, 2.45) is 0 Å². The van der Waals surface area contributed by atoms with E-state index < -0.39 is 0 Å². The topological polar surface area (TPSA) is 7.12 Å². The van der Waals surface area contributed by atoms with Gasteiger partial charge in [-0.1, -0.05) is 109 Å². The Hall–Kier alpha value is -4.08. The van der Waals surface area contributed by atoms with Gasteiger partial charge in [-0.3, -0.25) is 0 Å². The van der Waals surface area contributed by atoms with Gasteiger partial charge in [0.25, 0.3) is 0 Å². The first-order chi connectivity index (χ1) is 17.8. The first-order valence-corrected chi connectivity index (χ1v) is 13.1. The van der Waals surface area contributed by atoms with E-state index in [2.05, 4.69) is 149 Å². The van der Waals surface area contributed by atoms with Crippen molar-refractivity contribution >= 4 is 34.4 Å². The molecule has 0 fully saturated rings. The molecule has 0 bridgehead atoms.